The van der Waals surface area contributed by atoms with E-state index in [1.807, 2.05) is 0 Å². The van der Waals surface area contributed by atoms with Crippen LogP contribution in [0.2, 0.25) is 0 Å². The highest BCUT2D eigenvalue weighted by Crippen LogP contribution is 2.12. The summed E-state index contributed by atoms with van der Waals surface area (Å²) >= 11 is 0. The Kier molecular flexibility index (Phi) is 29.2. The van der Waals surface area contributed by atoms with Gasteiger partial charge in [-0.15, -0.1) is 0 Å². The van der Waals surface area contributed by atoms with Gasteiger partial charge in [0.25, 0.3) is 0 Å². The molecule has 38 heavy (non-hydrogen) atoms. The summed E-state index contributed by atoms with van der Waals surface area (Å²) in [6.07, 6.45) is 34.3. The van der Waals surface area contributed by atoms with Crippen molar-refractivity contribution in [1.82, 2.24) is 10.6 Å². The average Bonchev–Trinajstić information content (AvgIpc) is 2.90. The Morgan fingerprint density at radius 1 is 0.553 bits per heavy atom. The predicted octanol–water partition coefficient (Wildman–Crippen LogP) is 9.96. The number of carbonyl (C=O) groups excluding carboxylic acids is 2. The van der Waals surface area contributed by atoms with E-state index in [2.05, 4.69) is 43.6 Å². The summed E-state index contributed by atoms with van der Waals surface area (Å²) in [5.74, 6) is 0.391. The number of amides is 2. The fraction of sp³-hybridized carbons (Fsp3) is 0.882. The first-order chi connectivity index (χ1) is 18.6. The van der Waals surface area contributed by atoms with E-state index in [9.17, 15) is 9.59 Å². The lowest BCUT2D eigenvalue weighted by molar-refractivity contribution is -0.122. The zero-order valence-electron chi connectivity index (χ0n) is 25.9. The second-order valence-electron chi connectivity index (χ2n) is 11.5. The molecule has 0 spiro atoms. The average molecular weight is 535 g/mol. The fourth-order valence-corrected chi connectivity index (χ4v) is 4.90. The van der Waals surface area contributed by atoms with Gasteiger partial charge in [0, 0.05) is 25.4 Å². The Morgan fingerprint density at radius 2 is 1.03 bits per heavy atom. The molecule has 0 saturated carbocycles. The number of unbranched alkanes of at least 4 members (excludes halogenated alkanes) is 18. The molecule has 0 saturated heterocycles. The standard InChI is InChI=1S/C34H66N2O2/c1-4-6-8-10-12-14-16-18-20-22-24-29-33(37)35-31-27-26-28-32(3)36-34(38)30-25-23-21-19-17-15-13-11-9-7-5-2/h10,12,32H,4-9,11,13-31H2,1-3H3,(H,35,37)(H,36,38)/b12-10-/t32-/m1/s1. The topological polar surface area (TPSA) is 58.2 Å². The quantitative estimate of drug-likeness (QED) is 0.0741. The van der Waals surface area contributed by atoms with Gasteiger partial charge < -0.3 is 10.6 Å². The van der Waals surface area contributed by atoms with Gasteiger partial charge in [-0.05, 0) is 58.3 Å². The zero-order chi connectivity index (χ0) is 27.9. The Balaban J connectivity index is 3.42. The van der Waals surface area contributed by atoms with Crippen molar-refractivity contribution < 1.29 is 9.59 Å². The number of rotatable bonds is 29. The number of hydrogen-bond donors (Lipinski definition) is 2. The summed E-state index contributed by atoms with van der Waals surface area (Å²) in [6.45, 7) is 7.35. The van der Waals surface area contributed by atoms with E-state index in [0.29, 0.717) is 12.8 Å². The smallest absolute Gasteiger partial charge is 0.220 e. The third-order valence-corrected chi connectivity index (χ3v) is 7.47. The lowest BCUT2D eigenvalue weighted by Crippen LogP contribution is -2.32. The summed E-state index contributed by atoms with van der Waals surface area (Å²) in [5, 5.41) is 6.21. The lowest BCUT2D eigenvalue weighted by Gasteiger charge is -2.14. The van der Waals surface area contributed by atoms with Crippen molar-refractivity contribution >= 4 is 11.8 Å². The van der Waals surface area contributed by atoms with Crippen LogP contribution in [0.4, 0.5) is 0 Å². The first kappa shape index (κ1) is 36.7. The summed E-state index contributed by atoms with van der Waals surface area (Å²) in [6, 6.07) is 0.220. The maximum atomic E-state index is 12.2. The van der Waals surface area contributed by atoms with Crippen LogP contribution in [0.1, 0.15) is 181 Å². The van der Waals surface area contributed by atoms with Gasteiger partial charge in [0.05, 0.1) is 0 Å². The summed E-state index contributed by atoms with van der Waals surface area (Å²) in [7, 11) is 0. The number of hydrogen-bond acceptors (Lipinski definition) is 2. The van der Waals surface area contributed by atoms with E-state index >= 15 is 0 Å². The molecule has 0 aromatic rings. The molecule has 0 aromatic heterocycles. The minimum absolute atomic E-state index is 0.192. The van der Waals surface area contributed by atoms with Crippen LogP contribution in [0, 0.1) is 0 Å². The van der Waals surface area contributed by atoms with Crippen LogP contribution < -0.4 is 10.6 Å². The predicted molar refractivity (Wildman–Crippen MR) is 167 cm³/mol. The van der Waals surface area contributed by atoms with Gasteiger partial charge >= 0.3 is 0 Å². The fourth-order valence-electron chi connectivity index (χ4n) is 4.90. The van der Waals surface area contributed by atoms with Crippen LogP contribution >= 0.6 is 0 Å². The molecule has 2 N–H and O–H groups in total. The minimum atomic E-state index is 0.192. The van der Waals surface area contributed by atoms with E-state index in [1.165, 1.54) is 109 Å². The third-order valence-electron chi connectivity index (χ3n) is 7.47. The zero-order valence-corrected chi connectivity index (χ0v) is 25.9. The second kappa shape index (κ2) is 30.2. The van der Waals surface area contributed by atoms with Gasteiger partial charge in [0.15, 0.2) is 0 Å². The van der Waals surface area contributed by atoms with Gasteiger partial charge in [-0.3, -0.25) is 9.59 Å². The SMILES string of the molecule is CCCC/C=C\CCCCCCCC(=O)NCCCC[C@@H](C)NC(=O)CCCCCCCCCCCCC. The van der Waals surface area contributed by atoms with Gasteiger partial charge in [0.1, 0.15) is 0 Å². The minimum Gasteiger partial charge on any atom is -0.356 e. The first-order valence-corrected chi connectivity index (χ1v) is 16.8. The van der Waals surface area contributed by atoms with E-state index in [4.69, 9.17) is 0 Å². The second-order valence-corrected chi connectivity index (χ2v) is 11.5. The molecule has 4 heteroatoms. The van der Waals surface area contributed by atoms with Crippen LogP contribution in [-0.4, -0.2) is 24.4 Å². The number of carbonyl (C=O) groups is 2. The normalized spacial score (nSPS) is 12.2. The van der Waals surface area contributed by atoms with Crippen LogP contribution in [0.15, 0.2) is 12.2 Å². The van der Waals surface area contributed by atoms with Crippen LogP contribution in [0.5, 0.6) is 0 Å². The molecule has 0 unspecified atom stereocenters. The largest absolute Gasteiger partial charge is 0.356 e. The van der Waals surface area contributed by atoms with Gasteiger partial charge in [0.2, 0.25) is 11.8 Å². The van der Waals surface area contributed by atoms with E-state index in [1.54, 1.807) is 0 Å². The summed E-state index contributed by atoms with van der Waals surface area (Å²) in [5.41, 5.74) is 0. The summed E-state index contributed by atoms with van der Waals surface area (Å²) < 4.78 is 0. The van der Waals surface area contributed by atoms with E-state index in [-0.39, 0.29) is 17.9 Å². The highest BCUT2D eigenvalue weighted by atomic mass is 16.2. The van der Waals surface area contributed by atoms with Crippen molar-refractivity contribution in [3.05, 3.63) is 12.2 Å². The first-order valence-electron chi connectivity index (χ1n) is 16.8. The molecule has 1 atom stereocenters. The molecule has 0 rings (SSSR count). The molecule has 224 valence electrons. The monoisotopic (exact) mass is 535 g/mol. The van der Waals surface area contributed by atoms with Crippen molar-refractivity contribution in [2.24, 2.45) is 0 Å². The number of nitrogens with one attached hydrogen (secondary N) is 2. The van der Waals surface area contributed by atoms with Gasteiger partial charge in [-0.25, -0.2) is 0 Å². The third kappa shape index (κ3) is 29.2. The molecule has 0 fully saturated rings. The van der Waals surface area contributed by atoms with Crippen LogP contribution in [-0.2, 0) is 9.59 Å². The Bertz CT molecular complexity index is 547. The molecule has 0 heterocycles. The molecular weight excluding hydrogens is 468 g/mol. The maximum absolute atomic E-state index is 12.2. The van der Waals surface area contributed by atoms with E-state index in [0.717, 1.165) is 45.1 Å². The Hall–Kier alpha value is -1.32. The van der Waals surface area contributed by atoms with Crippen molar-refractivity contribution in [1.29, 1.82) is 0 Å². The van der Waals surface area contributed by atoms with Crippen molar-refractivity contribution in [3.8, 4) is 0 Å². The molecule has 0 radical (unpaired) electrons. The van der Waals surface area contributed by atoms with Gasteiger partial charge in [-0.2, -0.15) is 0 Å². The Morgan fingerprint density at radius 3 is 1.61 bits per heavy atom. The van der Waals surface area contributed by atoms with Crippen LogP contribution in [0.3, 0.4) is 0 Å². The summed E-state index contributed by atoms with van der Waals surface area (Å²) in [4.78, 5) is 24.2. The number of allylic oxidation sites excluding steroid dienone is 2. The molecule has 0 aliphatic carbocycles. The highest BCUT2D eigenvalue weighted by Gasteiger charge is 2.07. The van der Waals surface area contributed by atoms with E-state index < -0.39 is 0 Å². The Labute approximate surface area is 238 Å². The molecule has 0 aliphatic heterocycles. The molecule has 2 amide bonds. The maximum Gasteiger partial charge on any atom is 0.220 e. The molecule has 0 aromatic carbocycles. The molecule has 0 aliphatic rings. The van der Waals surface area contributed by atoms with Crippen molar-refractivity contribution in [2.45, 2.75) is 187 Å². The molecular formula is C34H66N2O2. The van der Waals surface area contributed by atoms with Crippen molar-refractivity contribution in [3.63, 3.8) is 0 Å². The molecule has 0 bridgehead atoms. The molecule has 4 nitrogen and oxygen atoms in total. The lowest BCUT2D eigenvalue weighted by atomic mass is 10.0. The van der Waals surface area contributed by atoms with Gasteiger partial charge in [-0.1, -0.05) is 122 Å². The van der Waals surface area contributed by atoms with Crippen LogP contribution in [0.25, 0.3) is 0 Å². The van der Waals surface area contributed by atoms with Crippen molar-refractivity contribution in [2.75, 3.05) is 6.54 Å². The highest BCUT2D eigenvalue weighted by molar-refractivity contribution is 5.76.